The number of benzene rings is 1. The third-order valence-electron chi connectivity index (χ3n) is 3.57. The van der Waals surface area contributed by atoms with Crippen molar-refractivity contribution in [3.05, 3.63) is 29.8 Å². The first-order valence-corrected chi connectivity index (χ1v) is 6.93. The van der Waals surface area contributed by atoms with Gasteiger partial charge in [-0.05, 0) is 49.4 Å². The van der Waals surface area contributed by atoms with E-state index < -0.39 is 12.6 Å². The molecule has 112 valence electrons. The predicted octanol–water partition coefficient (Wildman–Crippen LogP) is 4.08. The van der Waals surface area contributed by atoms with Gasteiger partial charge in [-0.1, -0.05) is 12.1 Å². The molecule has 1 atom stereocenters. The minimum atomic E-state index is -4.06. The molecule has 20 heavy (non-hydrogen) atoms. The SMILES string of the molecule is COc1ccc(C(NCCCC(F)(F)F)C2CC2)cc1. The molecule has 5 heteroatoms. The minimum absolute atomic E-state index is 0.128. The van der Waals surface area contributed by atoms with E-state index in [0.29, 0.717) is 12.5 Å². The molecule has 2 nitrogen and oxygen atoms in total. The zero-order chi connectivity index (χ0) is 14.6. The summed E-state index contributed by atoms with van der Waals surface area (Å²) < 4.78 is 41.5. The van der Waals surface area contributed by atoms with Gasteiger partial charge in [-0.3, -0.25) is 0 Å². The number of rotatable bonds is 7. The first-order valence-electron chi connectivity index (χ1n) is 6.93. The van der Waals surface area contributed by atoms with E-state index in [9.17, 15) is 13.2 Å². The van der Waals surface area contributed by atoms with Crippen LogP contribution in [0.1, 0.15) is 37.3 Å². The van der Waals surface area contributed by atoms with Gasteiger partial charge in [-0.25, -0.2) is 0 Å². The van der Waals surface area contributed by atoms with Crippen LogP contribution in [-0.2, 0) is 0 Å². The zero-order valence-electron chi connectivity index (χ0n) is 11.5. The van der Waals surface area contributed by atoms with Crippen molar-refractivity contribution < 1.29 is 17.9 Å². The molecule has 0 aromatic heterocycles. The van der Waals surface area contributed by atoms with E-state index >= 15 is 0 Å². The smallest absolute Gasteiger partial charge is 0.389 e. The Morgan fingerprint density at radius 1 is 1.25 bits per heavy atom. The zero-order valence-corrected chi connectivity index (χ0v) is 11.5. The Balaban J connectivity index is 1.87. The van der Waals surface area contributed by atoms with Crippen molar-refractivity contribution in [2.24, 2.45) is 5.92 Å². The summed E-state index contributed by atoms with van der Waals surface area (Å²) in [4.78, 5) is 0. The maximum absolute atomic E-state index is 12.1. The number of halogens is 3. The van der Waals surface area contributed by atoms with Crippen LogP contribution in [0.5, 0.6) is 5.75 Å². The first kappa shape index (κ1) is 15.2. The molecule has 1 aliphatic rings. The summed E-state index contributed by atoms with van der Waals surface area (Å²) in [7, 11) is 1.61. The van der Waals surface area contributed by atoms with E-state index in [1.54, 1.807) is 7.11 Å². The number of nitrogens with one attached hydrogen (secondary N) is 1. The highest BCUT2D eigenvalue weighted by Crippen LogP contribution is 2.41. The van der Waals surface area contributed by atoms with Crippen molar-refractivity contribution in [3.8, 4) is 5.75 Å². The summed E-state index contributed by atoms with van der Waals surface area (Å²) >= 11 is 0. The lowest BCUT2D eigenvalue weighted by molar-refractivity contribution is -0.135. The fraction of sp³-hybridized carbons (Fsp3) is 0.600. The highest BCUT2D eigenvalue weighted by atomic mass is 19.4. The van der Waals surface area contributed by atoms with Crippen LogP contribution < -0.4 is 10.1 Å². The first-order chi connectivity index (χ1) is 9.49. The summed E-state index contributed by atoms with van der Waals surface area (Å²) in [6.45, 7) is 0.396. The van der Waals surface area contributed by atoms with Crippen molar-refractivity contribution in [2.75, 3.05) is 13.7 Å². The van der Waals surface area contributed by atoms with Crippen LogP contribution in [0.25, 0.3) is 0 Å². The predicted molar refractivity (Wildman–Crippen MR) is 71.8 cm³/mol. The third-order valence-corrected chi connectivity index (χ3v) is 3.57. The molecule has 1 aliphatic carbocycles. The van der Waals surface area contributed by atoms with Gasteiger partial charge in [-0.15, -0.1) is 0 Å². The van der Waals surface area contributed by atoms with Crippen molar-refractivity contribution >= 4 is 0 Å². The molecule has 1 unspecified atom stereocenters. The van der Waals surface area contributed by atoms with Gasteiger partial charge in [0.15, 0.2) is 0 Å². The van der Waals surface area contributed by atoms with Crippen molar-refractivity contribution in [2.45, 2.75) is 37.9 Å². The van der Waals surface area contributed by atoms with Crippen molar-refractivity contribution in [1.82, 2.24) is 5.32 Å². The van der Waals surface area contributed by atoms with E-state index in [1.807, 2.05) is 24.3 Å². The normalized spacial score (nSPS) is 17.0. The van der Waals surface area contributed by atoms with Crippen LogP contribution in [0.15, 0.2) is 24.3 Å². The number of hydrogen-bond donors (Lipinski definition) is 1. The van der Waals surface area contributed by atoms with Gasteiger partial charge >= 0.3 is 6.18 Å². The van der Waals surface area contributed by atoms with Crippen LogP contribution in [0.3, 0.4) is 0 Å². The number of alkyl halides is 3. The topological polar surface area (TPSA) is 21.3 Å². The summed E-state index contributed by atoms with van der Waals surface area (Å²) in [5.74, 6) is 1.34. The van der Waals surface area contributed by atoms with Gasteiger partial charge in [0.2, 0.25) is 0 Å². The molecule has 0 aliphatic heterocycles. The van der Waals surface area contributed by atoms with E-state index in [4.69, 9.17) is 4.74 Å². The fourth-order valence-electron chi connectivity index (χ4n) is 2.34. The Bertz CT molecular complexity index is 412. The van der Waals surface area contributed by atoms with Crippen LogP contribution in [-0.4, -0.2) is 19.8 Å². The van der Waals surface area contributed by atoms with Crippen molar-refractivity contribution in [1.29, 1.82) is 0 Å². The highest BCUT2D eigenvalue weighted by molar-refractivity contribution is 5.30. The van der Waals surface area contributed by atoms with Crippen LogP contribution >= 0.6 is 0 Å². The lowest BCUT2D eigenvalue weighted by Crippen LogP contribution is -2.25. The van der Waals surface area contributed by atoms with Gasteiger partial charge in [-0.2, -0.15) is 13.2 Å². The Hall–Kier alpha value is -1.23. The largest absolute Gasteiger partial charge is 0.497 e. The Labute approximate surface area is 117 Å². The maximum atomic E-state index is 12.1. The van der Waals surface area contributed by atoms with Crippen LogP contribution in [0, 0.1) is 5.92 Å². The standard InChI is InChI=1S/C15H20F3NO/c1-20-13-7-5-12(6-8-13)14(11-3-4-11)19-10-2-9-15(16,17)18/h5-8,11,14,19H,2-4,9-10H2,1H3. The third kappa shape index (κ3) is 4.71. The average molecular weight is 287 g/mol. The molecular weight excluding hydrogens is 267 g/mol. The van der Waals surface area contributed by atoms with Gasteiger partial charge in [0, 0.05) is 12.5 Å². The summed E-state index contributed by atoms with van der Waals surface area (Å²) in [6, 6.07) is 7.91. The fourth-order valence-corrected chi connectivity index (χ4v) is 2.34. The van der Waals surface area contributed by atoms with Gasteiger partial charge < -0.3 is 10.1 Å². The second-order valence-corrected chi connectivity index (χ2v) is 5.26. The monoisotopic (exact) mass is 287 g/mol. The Morgan fingerprint density at radius 3 is 2.40 bits per heavy atom. The molecule has 0 bridgehead atoms. The van der Waals surface area contributed by atoms with Crippen LogP contribution in [0.2, 0.25) is 0 Å². The van der Waals surface area contributed by atoms with E-state index in [2.05, 4.69) is 5.32 Å². The lowest BCUT2D eigenvalue weighted by Gasteiger charge is -2.19. The lowest BCUT2D eigenvalue weighted by atomic mass is 10.0. The van der Waals surface area contributed by atoms with Crippen LogP contribution in [0.4, 0.5) is 13.2 Å². The maximum Gasteiger partial charge on any atom is 0.389 e. The number of methoxy groups -OCH3 is 1. The quantitative estimate of drug-likeness (QED) is 0.763. The molecule has 1 N–H and O–H groups in total. The molecule has 0 heterocycles. The summed E-state index contributed by atoms with van der Waals surface area (Å²) in [5, 5.41) is 3.27. The van der Waals surface area contributed by atoms with E-state index in [-0.39, 0.29) is 12.5 Å². The van der Waals surface area contributed by atoms with E-state index in [0.717, 1.165) is 24.2 Å². The molecule has 2 rings (SSSR count). The van der Waals surface area contributed by atoms with Gasteiger partial charge in [0.1, 0.15) is 5.75 Å². The second kappa shape index (κ2) is 6.48. The molecule has 1 aromatic carbocycles. The molecular formula is C15H20F3NO. The summed E-state index contributed by atoms with van der Waals surface area (Å²) in [6.07, 6.45) is -2.37. The second-order valence-electron chi connectivity index (χ2n) is 5.26. The number of ether oxygens (including phenoxy) is 1. The minimum Gasteiger partial charge on any atom is -0.497 e. The molecule has 1 saturated carbocycles. The molecule has 0 spiro atoms. The Morgan fingerprint density at radius 2 is 1.90 bits per heavy atom. The van der Waals surface area contributed by atoms with E-state index in [1.165, 1.54) is 0 Å². The summed E-state index contributed by atoms with van der Waals surface area (Å²) in [5.41, 5.74) is 1.13. The Kier molecular flexibility index (Phi) is 4.91. The van der Waals surface area contributed by atoms with Gasteiger partial charge in [0.05, 0.1) is 7.11 Å². The number of hydrogen-bond acceptors (Lipinski definition) is 2. The highest BCUT2D eigenvalue weighted by Gasteiger charge is 2.32. The molecule has 0 amide bonds. The van der Waals surface area contributed by atoms with Gasteiger partial charge in [0.25, 0.3) is 0 Å². The molecule has 0 radical (unpaired) electrons. The van der Waals surface area contributed by atoms with Crippen molar-refractivity contribution in [3.63, 3.8) is 0 Å². The molecule has 1 fully saturated rings. The average Bonchev–Trinajstić information content (AvgIpc) is 3.22. The molecule has 0 saturated heterocycles. The molecule has 1 aromatic rings.